The molecule has 1 aliphatic heterocycles. The summed E-state index contributed by atoms with van der Waals surface area (Å²) in [6.07, 6.45) is 8.77. The molecule has 2 nitrogen and oxygen atoms in total. The van der Waals surface area contributed by atoms with Crippen LogP contribution in [0.2, 0.25) is 0 Å². The lowest BCUT2D eigenvalue weighted by molar-refractivity contribution is 0.261. The zero-order valence-corrected chi connectivity index (χ0v) is 10.4. The fraction of sp³-hybridized carbons (Fsp3) is 0.769. The van der Waals surface area contributed by atoms with Crippen LogP contribution in [0.1, 0.15) is 46.5 Å². The molecule has 1 unspecified atom stereocenters. The van der Waals surface area contributed by atoms with E-state index >= 15 is 0 Å². The molecule has 0 aromatic rings. The van der Waals surface area contributed by atoms with Crippen LogP contribution in [0.25, 0.3) is 0 Å². The van der Waals surface area contributed by atoms with Crippen LogP contribution in [0, 0.1) is 11.3 Å². The van der Waals surface area contributed by atoms with Gasteiger partial charge in [-0.05, 0) is 32.7 Å². The highest BCUT2D eigenvalue weighted by molar-refractivity contribution is 4.89. The molecule has 1 rings (SSSR count). The number of likely N-dealkylation sites (tertiary alicyclic amines) is 1. The summed E-state index contributed by atoms with van der Waals surface area (Å²) in [5.74, 6) is 0. The van der Waals surface area contributed by atoms with Gasteiger partial charge in [-0.15, -0.1) is 0 Å². The van der Waals surface area contributed by atoms with Crippen molar-refractivity contribution in [2.24, 2.45) is 0 Å². The maximum Gasteiger partial charge on any atom is 0.0635 e. The van der Waals surface area contributed by atoms with E-state index in [1.54, 1.807) is 0 Å². The first kappa shape index (κ1) is 14.2. The van der Waals surface area contributed by atoms with Gasteiger partial charge in [0.25, 0.3) is 0 Å². The Hall–Kier alpha value is -0.810. The molecule has 0 aromatic carbocycles. The Kier molecular flexibility index (Phi) is 9.21. The van der Waals surface area contributed by atoms with E-state index in [2.05, 4.69) is 30.0 Å². The van der Waals surface area contributed by atoms with Crippen molar-refractivity contribution in [2.75, 3.05) is 13.1 Å². The van der Waals surface area contributed by atoms with Crippen LogP contribution in [0.3, 0.4) is 0 Å². The Morgan fingerprint density at radius 2 is 2.20 bits per heavy atom. The van der Waals surface area contributed by atoms with E-state index in [-0.39, 0.29) is 0 Å². The molecule has 0 N–H and O–H groups in total. The third kappa shape index (κ3) is 5.59. The minimum Gasteiger partial charge on any atom is -0.299 e. The van der Waals surface area contributed by atoms with E-state index in [1.807, 2.05) is 13.8 Å². The highest BCUT2D eigenvalue weighted by Gasteiger charge is 2.22. The van der Waals surface area contributed by atoms with Crippen LogP contribution in [0.5, 0.6) is 0 Å². The maximum absolute atomic E-state index is 8.50. The summed E-state index contributed by atoms with van der Waals surface area (Å²) in [6, 6.07) is 2.91. The zero-order valence-electron chi connectivity index (χ0n) is 10.4. The SMILES string of the molecule is C/C=C\CC1CCCN1CCC#N.CC. The van der Waals surface area contributed by atoms with Gasteiger partial charge in [0, 0.05) is 19.0 Å². The van der Waals surface area contributed by atoms with Crippen molar-refractivity contribution in [3.05, 3.63) is 12.2 Å². The van der Waals surface area contributed by atoms with E-state index in [4.69, 9.17) is 5.26 Å². The summed E-state index contributed by atoms with van der Waals surface area (Å²) in [5, 5.41) is 8.50. The molecule has 0 bridgehead atoms. The molecule has 1 atom stereocenters. The molecule has 1 heterocycles. The predicted molar refractivity (Wildman–Crippen MR) is 65.6 cm³/mol. The second-order valence-electron chi connectivity index (χ2n) is 3.54. The lowest BCUT2D eigenvalue weighted by Crippen LogP contribution is -2.29. The van der Waals surface area contributed by atoms with Gasteiger partial charge in [-0.3, -0.25) is 4.90 Å². The van der Waals surface area contributed by atoms with Gasteiger partial charge in [-0.25, -0.2) is 0 Å². The Morgan fingerprint density at radius 3 is 2.80 bits per heavy atom. The Balaban J connectivity index is 0.000000921. The highest BCUT2D eigenvalue weighted by Crippen LogP contribution is 2.20. The van der Waals surface area contributed by atoms with Crippen molar-refractivity contribution in [1.82, 2.24) is 4.90 Å². The fourth-order valence-electron chi connectivity index (χ4n) is 1.94. The van der Waals surface area contributed by atoms with Crippen molar-refractivity contribution in [3.63, 3.8) is 0 Å². The van der Waals surface area contributed by atoms with Gasteiger partial charge in [-0.2, -0.15) is 5.26 Å². The van der Waals surface area contributed by atoms with Gasteiger partial charge >= 0.3 is 0 Å². The van der Waals surface area contributed by atoms with Crippen LogP contribution >= 0.6 is 0 Å². The molecule has 1 aliphatic rings. The fourth-order valence-corrected chi connectivity index (χ4v) is 1.94. The molecule has 2 heteroatoms. The molecule has 0 spiro atoms. The first-order valence-corrected chi connectivity index (χ1v) is 6.10. The van der Waals surface area contributed by atoms with Crippen LogP contribution in [0.15, 0.2) is 12.2 Å². The Labute approximate surface area is 94.6 Å². The summed E-state index contributed by atoms with van der Waals surface area (Å²) in [7, 11) is 0. The van der Waals surface area contributed by atoms with Gasteiger partial charge in [-0.1, -0.05) is 26.0 Å². The van der Waals surface area contributed by atoms with E-state index in [1.165, 1.54) is 19.4 Å². The van der Waals surface area contributed by atoms with Gasteiger partial charge in [0.2, 0.25) is 0 Å². The monoisotopic (exact) mass is 208 g/mol. The summed E-state index contributed by atoms with van der Waals surface area (Å²) in [4.78, 5) is 2.45. The van der Waals surface area contributed by atoms with Crippen molar-refractivity contribution in [2.45, 2.75) is 52.5 Å². The molecular weight excluding hydrogens is 184 g/mol. The van der Waals surface area contributed by atoms with Gasteiger partial charge in [0.15, 0.2) is 0 Å². The van der Waals surface area contributed by atoms with Gasteiger partial charge in [0.05, 0.1) is 6.07 Å². The lowest BCUT2D eigenvalue weighted by atomic mass is 10.1. The van der Waals surface area contributed by atoms with Crippen molar-refractivity contribution in [1.29, 1.82) is 5.26 Å². The summed E-state index contributed by atoms with van der Waals surface area (Å²) in [6.45, 7) is 8.21. The van der Waals surface area contributed by atoms with Gasteiger partial charge in [0.1, 0.15) is 0 Å². The summed E-state index contributed by atoms with van der Waals surface area (Å²) >= 11 is 0. The van der Waals surface area contributed by atoms with Crippen LogP contribution in [-0.4, -0.2) is 24.0 Å². The smallest absolute Gasteiger partial charge is 0.0635 e. The largest absolute Gasteiger partial charge is 0.299 e. The number of hydrogen-bond acceptors (Lipinski definition) is 2. The van der Waals surface area contributed by atoms with E-state index in [0.29, 0.717) is 12.5 Å². The number of rotatable bonds is 4. The third-order valence-corrected chi connectivity index (χ3v) is 2.65. The predicted octanol–water partition coefficient (Wildman–Crippen LogP) is 3.36. The topological polar surface area (TPSA) is 27.0 Å². The molecule has 0 amide bonds. The molecule has 15 heavy (non-hydrogen) atoms. The third-order valence-electron chi connectivity index (χ3n) is 2.65. The first-order chi connectivity index (χ1) is 7.38. The molecule has 86 valence electrons. The molecule has 1 fully saturated rings. The number of hydrogen-bond donors (Lipinski definition) is 0. The first-order valence-electron chi connectivity index (χ1n) is 6.10. The van der Waals surface area contributed by atoms with Gasteiger partial charge < -0.3 is 0 Å². The average molecular weight is 208 g/mol. The van der Waals surface area contributed by atoms with E-state index in [9.17, 15) is 0 Å². The van der Waals surface area contributed by atoms with Crippen molar-refractivity contribution >= 4 is 0 Å². The standard InChI is InChI=1S/C11H18N2.C2H6/c1-2-3-6-11-7-4-9-13(11)10-5-8-12;1-2/h2-3,11H,4-7,9-10H2,1H3;1-2H3/b3-2-;. The molecule has 1 saturated heterocycles. The Bertz CT molecular complexity index is 203. The molecule has 0 saturated carbocycles. The summed E-state index contributed by atoms with van der Waals surface area (Å²) < 4.78 is 0. The zero-order chi connectivity index (χ0) is 11.5. The summed E-state index contributed by atoms with van der Waals surface area (Å²) in [5.41, 5.74) is 0. The highest BCUT2D eigenvalue weighted by atomic mass is 15.2. The van der Waals surface area contributed by atoms with Crippen molar-refractivity contribution in [3.8, 4) is 6.07 Å². The van der Waals surface area contributed by atoms with Crippen LogP contribution < -0.4 is 0 Å². The second kappa shape index (κ2) is 9.73. The van der Waals surface area contributed by atoms with Crippen LogP contribution in [0.4, 0.5) is 0 Å². The number of allylic oxidation sites excluding steroid dienone is 1. The van der Waals surface area contributed by atoms with Crippen molar-refractivity contribution < 1.29 is 0 Å². The van der Waals surface area contributed by atoms with E-state index in [0.717, 1.165) is 13.0 Å². The lowest BCUT2D eigenvalue weighted by Gasteiger charge is -2.21. The average Bonchev–Trinajstić information content (AvgIpc) is 2.73. The Morgan fingerprint density at radius 1 is 1.47 bits per heavy atom. The molecule has 0 aliphatic carbocycles. The molecular formula is C13H24N2. The number of nitrogens with zero attached hydrogens (tertiary/aromatic N) is 2. The number of nitriles is 1. The van der Waals surface area contributed by atoms with E-state index < -0.39 is 0 Å². The second-order valence-corrected chi connectivity index (χ2v) is 3.54. The van der Waals surface area contributed by atoms with Crippen LogP contribution in [-0.2, 0) is 0 Å². The normalized spacial score (nSPS) is 21.1. The minimum absolute atomic E-state index is 0.673. The maximum atomic E-state index is 8.50. The molecule has 0 radical (unpaired) electrons. The molecule has 0 aromatic heterocycles. The minimum atomic E-state index is 0.673. The quantitative estimate of drug-likeness (QED) is 0.662.